The number of unbranched alkanes of at least 4 members (excludes halogenated alkanes) is 4. The summed E-state index contributed by atoms with van der Waals surface area (Å²) in [7, 11) is 0. The summed E-state index contributed by atoms with van der Waals surface area (Å²) in [4.78, 5) is 27.2. The highest BCUT2D eigenvalue weighted by molar-refractivity contribution is 5.69. The fourth-order valence-corrected chi connectivity index (χ4v) is 5.17. The van der Waals surface area contributed by atoms with Gasteiger partial charge in [-0.3, -0.25) is 4.79 Å². The Labute approximate surface area is 269 Å². The van der Waals surface area contributed by atoms with E-state index in [1.165, 1.54) is 0 Å². The Morgan fingerprint density at radius 2 is 1.52 bits per heavy atom. The van der Waals surface area contributed by atoms with Gasteiger partial charge in [0, 0.05) is 32.1 Å². The van der Waals surface area contributed by atoms with Gasteiger partial charge in [0.2, 0.25) is 0 Å². The van der Waals surface area contributed by atoms with Gasteiger partial charge in [0.05, 0.1) is 19.6 Å². The number of ether oxygens (including phenoxy) is 5. The molecule has 0 bridgehead atoms. The number of esters is 1. The number of allylic oxidation sites excluding steroid dienone is 4. The van der Waals surface area contributed by atoms with E-state index in [-0.39, 0.29) is 25.1 Å². The fourth-order valence-electron chi connectivity index (χ4n) is 5.17. The number of carbonyl (C=O) groups is 2. The Morgan fingerprint density at radius 3 is 2.14 bits per heavy atom. The zero-order chi connectivity index (χ0) is 32.1. The van der Waals surface area contributed by atoms with Crippen LogP contribution in [0.3, 0.4) is 0 Å². The molecule has 2 atom stereocenters. The molecule has 1 aliphatic heterocycles. The maximum Gasteiger partial charge on any atom is 0.508 e. The van der Waals surface area contributed by atoms with E-state index in [0.717, 1.165) is 83.8 Å². The van der Waals surface area contributed by atoms with Gasteiger partial charge in [0.25, 0.3) is 0 Å². The summed E-state index contributed by atoms with van der Waals surface area (Å²) in [5, 5.41) is 0. The van der Waals surface area contributed by atoms with Gasteiger partial charge in [0.1, 0.15) is 6.10 Å². The Hall–Kier alpha value is -1.90. The topological polar surface area (TPSA) is 83.5 Å². The fraction of sp³-hybridized carbons (Fsp3) is 0.806. The van der Waals surface area contributed by atoms with Crippen molar-refractivity contribution >= 4 is 12.1 Å². The molecule has 1 radical (unpaired) electrons. The van der Waals surface area contributed by atoms with E-state index in [2.05, 4.69) is 56.9 Å². The molecule has 0 spiro atoms. The molecule has 0 aromatic rings. The minimum atomic E-state index is -0.616. The summed E-state index contributed by atoms with van der Waals surface area (Å²) >= 11 is 0. The first kappa shape index (κ1) is 40.1. The van der Waals surface area contributed by atoms with Crippen molar-refractivity contribution in [3.63, 3.8) is 0 Å². The molecule has 1 saturated heterocycles. The van der Waals surface area contributed by atoms with E-state index >= 15 is 0 Å². The third kappa shape index (κ3) is 22.6. The molecule has 0 amide bonds. The van der Waals surface area contributed by atoms with Gasteiger partial charge in [-0.15, -0.1) is 0 Å². The first-order chi connectivity index (χ1) is 21.5. The van der Waals surface area contributed by atoms with E-state index in [4.69, 9.17) is 23.7 Å². The summed E-state index contributed by atoms with van der Waals surface area (Å²) in [6.07, 6.45) is 21.2. The first-order valence-electron chi connectivity index (χ1n) is 17.6. The van der Waals surface area contributed by atoms with Crippen molar-refractivity contribution in [2.75, 3.05) is 46.1 Å². The van der Waals surface area contributed by atoms with Crippen molar-refractivity contribution in [2.24, 2.45) is 5.92 Å². The maximum atomic E-state index is 12.5. The number of likely N-dealkylation sites (tertiary alicyclic amines) is 1. The second-order valence-corrected chi connectivity index (χ2v) is 11.7. The van der Waals surface area contributed by atoms with Crippen molar-refractivity contribution in [1.29, 1.82) is 0 Å². The molecule has 1 rings (SSSR count). The SMILES string of the molecule is [CH2]CCC(CCCOC(=O)CCC(OCCCC/C=C\CC)OCCCC/C=C\CC)OC(=O)OCC1CCCN(CC)C1. The summed E-state index contributed by atoms with van der Waals surface area (Å²) in [5.41, 5.74) is 0. The number of rotatable bonds is 27. The molecule has 0 aromatic carbocycles. The molecule has 8 nitrogen and oxygen atoms in total. The average Bonchev–Trinajstić information content (AvgIpc) is 3.03. The lowest BCUT2D eigenvalue weighted by Gasteiger charge is -2.31. The van der Waals surface area contributed by atoms with Gasteiger partial charge in [-0.25, -0.2) is 4.79 Å². The molecule has 1 heterocycles. The molecule has 2 unspecified atom stereocenters. The third-order valence-corrected chi connectivity index (χ3v) is 7.74. The van der Waals surface area contributed by atoms with Crippen LogP contribution in [-0.4, -0.2) is 75.5 Å². The highest BCUT2D eigenvalue weighted by Gasteiger charge is 2.22. The monoisotopic (exact) mass is 622 g/mol. The number of piperidine rings is 1. The van der Waals surface area contributed by atoms with Crippen molar-refractivity contribution in [1.82, 2.24) is 4.90 Å². The van der Waals surface area contributed by atoms with Gasteiger partial charge in [-0.1, -0.05) is 52.0 Å². The molecule has 8 heteroatoms. The second-order valence-electron chi connectivity index (χ2n) is 11.7. The minimum absolute atomic E-state index is 0.241. The lowest BCUT2D eigenvalue weighted by Crippen LogP contribution is -2.37. The van der Waals surface area contributed by atoms with E-state index in [1.807, 2.05) is 0 Å². The molecule has 255 valence electrons. The minimum Gasteiger partial charge on any atom is -0.466 e. The molecular formula is C36H64NO7. The van der Waals surface area contributed by atoms with Gasteiger partial charge < -0.3 is 28.6 Å². The van der Waals surface area contributed by atoms with Crippen LogP contribution in [0.15, 0.2) is 24.3 Å². The molecule has 1 fully saturated rings. The highest BCUT2D eigenvalue weighted by Crippen LogP contribution is 2.18. The van der Waals surface area contributed by atoms with Crippen LogP contribution in [0.1, 0.15) is 124 Å². The Bertz CT molecular complexity index is 733. The summed E-state index contributed by atoms with van der Waals surface area (Å²) in [6.45, 7) is 15.3. The summed E-state index contributed by atoms with van der Waals surface area (Å²) in [5.74, 6) is 0.0950. The highest BCUT2D eigenvalue weighted by atomic mass is 16.7. The first-order valence-corrected chi connectivity index (χ1v) is 17.6. The van der Waals surface area contributed by atoms with Crippen LogP contribution in [0.4, 0.5) is 4.79 Å². The lowest BCUT2D eigenvalue weighted by atomic mass is 9.99. The summed E-state index contributed by atoms with van der Waals surface area (Å²) in [6, 6.07) is 0. The van der Waals surface area contributed by atoms with Crippen molar-refractivity contribution in [2.45, 2.75) is 136 Å². The van der Waals surface area contributed by atoms with Crippen molar-refractivity contribution in [3.05, 3.63) is 31.2 Å². The predicted molar refractivity (Wildman–Crippen MR) is 177 cm³/mol. The molecule has 0 aromatic heterocycles. The van der Waals surface area contributed by atoms with Gasteiger partial charge in [-0.05, 0) is 103 Å². The zero-order valence-corrected chi connectivity index (χ0v) is 28.3. The van der Waals surface area contributed by atoms with E-state index in [1.54, 1.807) is 0 Å². The van der Waals surface area contributed by atoms with Crippen molar-refractivity contribution < 1.29 is 33.3 Å². The second kappa shape index (κ2) is 28.6. The van der Waals surface area contributed by atoms with E-state index < -0.39 is 12.4 Å². The maximum absolute atomic E-state index is 12.5. The lowest BCUT2D eigenvalue weighted by molar-refractivity contribution is -0.159. The molecule has 0 N–H and O–H groups in total. The standard InChI is InChI=1S/C36H64NO7/c1-5-9-11-13-15-17-27-41-35(42-28-18-16-14-12-10-6-2)25-24-34(38)40-29-20-23-33(21-7-3)44-36(39)43-31-32-22-19-26-37(8-4)30-32/h9-12,32-33,35H,3,5-8,13-31H2,1-2,4H3/b11-9-,12-10-. The number of nitrogens with zero attached hydrogens (tertiary/aromatic N) is 1. The number of hydrogen-bond acceptors (Lipinski definition) is 8. The largest absolute Gasteiger partial charge is 0.508 e. The molecule has 1 aliphatic rings. The number of hydrogen-bond donors (Lipinski definition) is 0. The third-order valence-electron chi connectivity index (χ3n) is 7.74. The van der Waals surface area contributed by atoms with Gasteiger partial charge in [-0.2, -0.15) is 0 Å². The normalized spacial score (nSPS) is 16.6. The van der Waals surface area contributed by atoms with E-state index in [9.17, 15) is 9.59 Å². The molecule has 0 aliphatic carbocycles. The number of carbonyl (C=O) groups excluding carboxylic acids is 2. The molecular weight excluding hydrogens is 558 g/mol. The van der Waals surface area contributed by atoms with Crippen LogP contribution in [0.2, 0.25) is 0 Å². The van der Waals surface area contributed by atoms with Crippen LogP contribution >= 0.6 is 0 Å². The smallest absolute Gasteiger partial charge is 0.466 e. The van der Waals surface area contributed by atoms with Crippen LogP contribution in [0, 0.1) is 12.8 Å². The molecule has 44 heavy (non-hydrogen) atoms. The zero-order valence-electron chi connectivity index (χ0n) is 28.3. The Kier molecular flexibility index (Phi) is 26.0. The average molecular weight is 623 g/mol. The van der Waals surface area contributed by atoms with Crippen molar-refractivity contribution in [3.8, 4) is 0 Å². The Morgan fingerprint density at radius 1 is 0.841 bits per heavy atom. The van der Waals surface area contributed by atoms with Crippen LogP contribution < -0.4 is 0 Å². The van der Waals surface area contributed by atoms with Crippen LogP contribution in [0.25, 0.3) is 0 Å². The van der Waals surface area contributed by atoms with E-state index in [0.29, 0.717) is 57.8 Å². The molecule has 0 saturated carbocycles. The summed E-state index contributed by atoms with van der Waals surface area (Å²) < 4.78 is 28.5. The van der Waals surface area contributed by atoms with Gasteiger partial charge >= 0.3 is 12.1 Å². The Balaban J connectivity index is 2.32. The van der Waals surface area contributed by atoms with Crippen LogP contribution in [-0.2, 0) is 28.5 Å². The van der Waals surface area contributed by atoms with Gasteiger partial charge in [0.15, 0.2) is 6.29 Å². The predicted octanol–water partition coefficient (Wildman–Crippen LogP) is 8.59. The van der Waals surface area contributed by atoms with Crippen LogP contribution in [0.5, 0.6) is 0 Å². The quantitative estimate of drug-likeness (QED) is 0.0390.